The van der Waals surface area contributed by atoms with Crippen molar-refractivity contribution in [3.8, 4) is 5.82 Å². The Morgan fingerprint density at radius 3 is 2.70 bits per heavy atom. The van der Waals surface area contributed by atoms with Crippen LogP contribution in [0.2, 0.25) is 0 Å². The average Bonchev–Trinajstić information content (AvgIpc) is 3.17. The molecule has 0 atom stereocenters. The number of hydrogen-bond acceptors (Lipinski definition) is 5. The van der Waals surface area contributed by atoms with E-state index in [0.29, 0.717) is 24.3 Å². The smallest absolute Gasteiger partial charge is 0.323 e. The van der Waals surface area contributed by atoms with Crippen LogP contribution >= 0.6 is 11.8 Å². The third-order valence-electron chi connectivity index (χ3n) is 4.24. The normalized spacial score (nSPS) is 20.1. The number of nitrogens with zero attached hydrogens (tertiary/aromatic N) is 4. The molecule has 0 aromatic carbocycles. The van der Waals surface area contributed by atoms with E-state index < -0.39 is 5.54 Å². The largest absolute Gasteiger partial charge is 0.329 e. The number of thioether (sulfide) groups is 1. The van der Waals surface area contributed by atoms with Gasteiger partial charge in [0.1, 0.15) is 5.54 Å². The second-order valence-electron chi connectivity index (χ2n) is 5.59. The summed E-state index contributed by atoms with van der Waals surface area (Å²) in [6.45, 7) is 0. The molecule has 2 aromatic rings. The topological polar surface area (TPSA) is 80.1 Å². The van der Waals surface area contributed by atoms with Crippen LogP contribution in [-0.2, 0) is 4.79 Å². The molecule has 8 heteroatoms. The Labute approximate surface area is 137 Å². The van der Waals surface area contributed by atoms with Crippen molar-refractivity contribution in [2.24, 2.45) is 0 Å². The fourth-order valence-corrected chi connectivity index (χ4v) is 4.15. The van der Waals surface area contributed by atoms with Gasteiger partial charge in [0, 0.05) is 12.4 Å². The maximum atomic E-state index is 12.8. The van der Waals surface area contributed by atoms with Gasteiger partial charge in [0.2, 0.25) is 0 Å². The van der Waals surface area contributed by atoms with Crippen molar-refractivity contribution >= 4 is 29.4 Å². The van der Waals surface area contributed by atoms with Crippen LogP contribution in [0, 0.1) is 0 Å². The van der Waals surface area contributed by atoms with E-state index in [0.717, 1.165) is 11.5 Å². The number of pyridine rings is 1. The predicted molar refractivity (Wildman–Crippen MR) is 86.7 cm³/mol. The first-order valence-corrected chi connectivity index (χ1v) is 8.56. The van der Waals surface area contributed by atoms with Gasteiger partial charge in [-0.25, -0.2) is 19.4 Å². The highest BCUT2D eigenvalue weighted by atomic mass is 32.2. The van der Waals surface area contributed by atoms with Gasteiger partial charge >= 0.3 is 6.03 Å². The number of hydrogen-bond donors (Lipinski definition) is 1. The fraction of sp³-hybridized carbons (Fsp3) is 0.333. The third kappa shape index (κ3) is 2.29. The highest BCUT2D eigenvalue weighted by molar-refractivity contribution is 7.99. The summed E-state index contributed by atoms with van der Waals surface area (Å²) in [6.07, 6.45) is 6.34. The quantitative estimate of drug-likeness (QED) is 0.846. The molecular weight excluding hydrogens is 314 g/mol. The summed E-state index contributed by atoms with van der Waals surface area (Å²) in [4.78, 5) is 30.6. The number of amides is 3. The average molecular weight is 329 g/mol. The molecule has 0 saturated carbocycles. The lowest BCUT2D eigenvalue weighted by atomic mass is 9.92. The Morgan fingerprint density at radius 2 is 2.04 bits per heavy atom. The lowest BCUT2D eigenvalue weighted by Gasteiger charge is -2.30. The number of carbonyl (C=O) groups excluding carboxylic acids is 2. The predicted octanol–water partition coefficient (Wildman–Crippen LogP) is 1.59. The van der Waals surface area contributed by atoms with Gasteiger partial charge in [0.25, 0.3) is 5.91 Å². The van der Waals surface area contributed by atoms with Crippen molar-refractivity contribution in [3.63, 3.8) is 0 Å². The number of rotatable bonds is 2. The van der Waals surface area contributed by atoms with Gasteiger partial charge in [-0.05, 0) is 42.5 Å². The van der Waals surface area contributed by atoms with Gasteiger partial charge in [-0.15, -0.1) is 0 Å². The molecule has 0 bridgehead atoms. The zero-order valence-corrected chi connectivity index (χ0v) is 13.1. The molecule has 7 nitrogen and oxygen atoms in total. The minimum absolute atomic E-state index is 0.170. The molecule has 1 spiro atoms. The number of urea groups is 1. The first-order valence-electron chi connectivity index (χ1n) is 7.40. The van der Waals surface area contributed by atoms with Crippen molar-refractivity contribution in [3.05, 3.63) is 36.8 Å². The number of anilines is 1. The van der Waals surface area contributed by atoms with Gasteiger partial charge in [-0.2, -0.15) is 16.9 Å². The summed E-state index contributed by atoms with van der Waals surface area (Å²) in [5.41, 5.74) is -0.248. The van der Waals surface area contributed by atoms with Gasteiger partial charge in [0.05, 0.1) is 11.9 Å². The molecule has 2 aliphatic rings. The van der Waals surface area contributed by atoms with E-state index in [1.165, 1.54) is 11.1 Å². The Balaban J connectivity index is 1.62. The van der Waals surface area contributed by atoms with Gasteiger partial charge in [0.15, 0.2) is 5.82 Å². The molecule has 4 rings (SSSR count). The third-order valence-corrected chi connectivity index (χ3v) is 5.22. The van der Waals surface area contributed by atoms with Crippen LogP contribution in [0.5, 0.6) is 0 Å². The standard InChI is InChI=1S/C15H15N5O2S/c21-13-15(4-8-23-9-5-15)18-14(22)20(13)11-2-3-12(16-10-11)19-7-1-6-17-19/h1-3,6-7,10H,4-5,8-9H2,(H,18,22). The summed E-state index contributed by atoms with van der Waals surface area (Å²) in [5.74, 6) is 2.23. The SMILES string of the molecule is O=C1NC2(CCSCC2)C(=O)N1c1ccc(-n2cccn2)nc1. The van der Waals surface area contributed by atoms with Crippen LogP contribution in [0.25, 0.3) is 5.82 Å². The van der Waals surface area contributed by atoms with Crippen molar-refractivity contribution in [1.82, 2.24) is 20.1 Å². The molecule has 3 amide bonds. The molecule has 0 unspecified atom stereocenters. The van der Waals surface area contributed by atoms with Crippen molar-refractivity contribution in [2.45, 2.75) is 18.4 Å². The summed E-state index contributed by atoms with van der Waals surface area (Å²) in [6, 6.07) is 4.90. The fourth-order valence-electron chi connectivity index (χ4n) is 2.96. The summed E-state index contributed by atoms with van der Waals surface area (Å²) < 4.78 is 1.62. The number of nitrogens with one attached hydrogen (secondary N) is 1. The summed E-state index contributed by atoms with van der Waals surface area (Å²) in [5, 5.41) is 6.99. The molecule has 2 fully saturated rings. The van der Waals surface area contributed by atoms with E-state index >= 15 is 0 Å². The monoisotopic (exact) mass is 329 g/mol. The van der Waals surface area contributed by atoms with Crippen LogP contribution in [0.1, 0.15) is 12.8 Å². The lowest BCUT2D eigenvalue weighted by molar-refractivity contribution is -0.122. The molecule has 2 aliphatic heterocycles. The molecule has 4 heterocycles. The highest BCUT2D eigenvalue weighted by Gasteiger charge is 2.52. The summed E-state index contributed by atoms with van der Waals surface area (Å²) in [7, 11) is 0. The van der Waals surface area contributed by atoms with Gasteiger partial charge in [-0.3, -0.25) is 4.79 Å². The Bertz CT molecular complexity index is 738. The maximum Gasteiger partial charge on any atom is 0.329 e. The van der Waals surface area contributed by atoms with E-state index in [2.05, 4.69) is 15.4 Å². The molecule has 1 N–H and O–H groups in total. The van der Waals surface area contributed by atoms with Crippen molar-refractivity contribution < 1.29 is 9.59 Å². The Hall–Kier alpha value is -2.35. The second-order valence-corrected chi connectivity index (χ2v) is 6.82. The highest BCUT2D eigenvalue weighted by Crippen LogP contribution is 2.34. The maximum absolute atomic E-state index is 12.8. The second kappa shape index (κ2) is 5.38. The first kappa shape index (κ1) is 14.3. The molecule has 0 aliphatic carbocycles. The minimum Gasteiger partial charge on any atom is -0.323 e. The van der Waals surface area contributed by atoms with E-state index in [-0.39, 0.29) is 11.9 Å². The zero-order chi connectivity index (χ0) is 15.9. The Kier molecular flexibility index (Phi) is 3.33. The number of aromatic nitrogens is 3. The molecule has 23 heavy (non-hydrogen) atoms. The van der Waals surface area contributed by atoms with E-state index in [4.69, 9.17) is 0 Å². The molecule has 2 aromatic heterocycles. The van der Waals surface area contributed by atoms with Crippen LogP contribution in [0.15, 0.2) is 36.8 Å². The van der Waals surface area contributed by atoms with Crippen LogP contribution in [0.4, 0.5) is 10.5 Å². The zero-order valence-electron chi connectivity index (χ0n) is 12.3. The number of imide groups is 1. The van der Waals surface area contributed by atoms with Gasteiger partial charge < -0.3 is 5.32 Å². The van der Waals surface area contributed by atoms with E-state index in [1.54, 1.807) is 35.3 Å². The van der Waals surface area contributed by atoms with Crippen LogP contribution in [0.3, 0.4) is 0 Å². The van der Waals surface area contributed by atoms with E-state index in [1.807, 2.05) is 11.8 Å². The van der Waals surface area contributed by atoms with Crippen molar-refractivity contribution in [2.75, 3.05) is 16.4 Å². The lowest BCUT2D eigenvalue weighted by Crippen LogP contribution is -2.49. The van der Waals surface area contributed by atoms with E-state index in [9.17, 15) is 9.59 Å². The molecular formula is C15H15N5O2S. The molecule has 118 valence electrons. The minimum atomic E-state index is -0.733. The van der Waals surface area contributed by atoms with Crippen LogP contribution < -0.4 is 10.2 Å². The first-order chi connectivity index (χ1) is 11.2. The number of carbonyl (C=O) groups is 2. The van der Waals surface area contributed by atoms with Gasteiger partial charge in [-0.1, -0.05) is 0 Å². The molecule has 2 saturated heterocycles. The molecule has 0 radical (unpaired) electrons. The van der Waals surface area contributed by atoms with Crippen molar-refractivity contribution in [1.29, 1.82) is 0 Å². The van der Waals surface area contributed by atoms with Crippen LogP contribution in [-0.4, -0.2) is 43.7 Å². The summed E-state index contributed by atoms with van der Waals surface area (Å²) >= 11 is 1.81. The Morgan fingerprint density at radius 1 is 1.22 bits per heavy atom.